The summed E-state index contributed by atoms with van der Waals surface area (Å²) >= 11 is 1.85. The minimum atomic E-state index is -0.196. The maximum absolute atomic E-state index is 11.7. The first-order valence-corrected chi connectivity index (χ1v) is 18.6. The minimum Gasteiger partial charge on any atom is -0.426 e. The van der Waals surface area contributed by atoms with Gasteiger partial charge >= 0.3 is 5.97 Å². The Kier molecular flexibility index (Phi) is 18.8. The number of unbranched alkanes of at least 4 members (excludes halogenated alkanes) is 7. The van der Waals surface area contributed by atoms with E-state index in [1.165, 1.54) is 48.1 Å². The molecule has 1 heterocycles. The average Bonchev–Trinajstić information content (AvgIpc) is 3.53. The van der Waals surface area contributed by atoms with Crippen LogP contribution in [0.2, 0.25) is 0 Å². The molecule has 1 atom stereocenters. The number of esters is 1. The molecule has 0 saturated carbocycles. The molecule has 0 bridgehead atoms. The summed E-state index contributed by atoms with van der Waals surface area (Å²) in [5.41, 5.74) is 7.54. The zero-order valence-corrected chi connectivity index (χ0v) is 30.2. The molecular weight excluding hydrogens is 595 g/mol. The van der Waals surface area contributed by atoms with Crippen LogP contribution in [0.15, 0.2) is 35.7 Å². The van der Waals surface area contributed by atoms with Crippen molar-refractivity contribution < 1.29 is 19.1 Å². The van der Waals surface area contributed by atoms with E-state index in [9.17, 15) is 14.4 Å². The van der Waals surface area contributed by atoms with Crippen LogP contribution in [0.1, 0.15) is 134 Å². The van der Waals surface area contributed by atoms with Crippen LogP contribution in [0.25, 0.3) is 0 Å². The van der Waals surface area contributed by atoms with Crippen molar-refractivity contribution in [1.29, 1.82) is 0 Å². The van der Waals surface area contributed by atoms with Crippen molar-refractivity contribution in [2.24, 2.45) is 5.73 Å². The van der Waals surface area contributed by atoms with Gasteiger partial charge in [0.1, 0.15) is 5.75 Å². The minimum absolute atomic E-state index is 0.123. The second kappa shape index (κ2) is 22.0. The lowest BCUT2D eigenvalue weighted by Crippen LogP contribution is -2.41. The molecule has 46 heavy (non-hydrogen) atoms. The molecule has 7 nitrogen and oxygen atoms in total. The second-order valence-electron chi connectivity index (χ2n) is 13.6. The van der Waals surface area contributed by atoms with E-state index in [-0.39, 0.29) is 23.3 Å². The third-order valence-electron chi connectivity index (χ3n) is 8.27. The molecule has 3 N–H and O–H groups in total. The van der Waals surface area contributed by atoms with Crippen LogP contribution >= 0.6 is 11.3 Å². The summed E-state index contributed by atoms with van der Waals surface area (Å²) in [6, 6.07) is 11.1. The predicted molar refractivity (Wildman–Crippen MR) is 191 cm³/mol. The fraction of sp³-hybridized carbons (Fsp3) is 0.658. The van der Waals surface area contributed by atoms with Crippen LogP contribution in [0, 0.1) is 0 Å². The monoisotopic (exact) mass is 655 g/mol. The number of amides is 2. The van der Waals surface area contributed by atoms with Crippen molar-refractivity contribution in [2.45, 2.75) is 149 Å². The quantitative estimate of drug-likeness (QED) is 0.0903. The van der Waals surface area contributed by atoms with Crippen molar-refractivity contribution in [1.82, 2.24) is 10.2 Å². The van der Waals surface area contributed by atoms with Gasteiger partial charge in [0, 0.05) is 42.3 Å². The summed E-state index contributed by atoms with van der Waals surface area (Å²) in [5.74, 6) is 0.583. The van der Waals surface area contributed by atoms with E-state index in [2.05, 4.69) is 40.7 Å². The molecule has 0 aliphatic heterocycles. The number of thiophene rings is 1. The molecule has 3 rings (SSSR count). The Labute approximate surface area is 283 Å². The summed E-state index contributed by atoms with van der Waals surface area (Å²) in [6.45, 7) is 12.4. The normalized spacial score (nSPS) is 14.3. The molecule has 0 unspecified atom stereocenters. The molecule has 0 radical (unpaired) electrons. The molecule has 0 spiro atoms. The van der Waals surface area contributed by atoms with Crippen LogP contribution in [0.3, 0.4) is 0 Å². The van der Waals surface area contributed by atoms with E-state index in [1.54, 1.807) is 0 Å². The van der Waals surface area contributed by atoms with Gasteiger partial charge in [-0.15, -0.1) is 11.3 Å². The fourth-order valence-electron chi connectivity index (χ4n) is 5.95. The summed E-state index contributed by atoms with van der Waals surface area (Å²) < 4.78 is 5.55. The van der Waals surface area contributed by atoms with Gasteiger partial charge in [-0.25, -0.2) is 0 Å². The number of hydrogen-bond donors (Lipinski definition) is 2. The predicted octanol–water partition coefficient (Wildman–Crippen LogP) is 8.16. The SMILES string of the molecule is CC(C)(C)NC(=O)CCCCCCCCCCC(N)=O.CCCN(CCc1cccs1)[C@@H]1CCc2c(cccc2OC(=O)CC)C1. The Morgan fingerprint density at radius 3 is 2.20 bits per heavy atom. The fourth-order valence-corrected chi connectivity index (χ4v) is 6.65. The smallest absolute Gasteiger partial charge is 0.310 e. The third kappa shape index (κ3) is 16.7. The van der Waals surface area contributed by atoms with E-state index >= 15 is 0 Å². The number of carbonyl (C=O) groups is 3. The van der Waals surface area contributed by atoms with Crippen molar-refractivity contribution in [3.8, 4) is 5.75 Å². The number of primary amides is 1. The number of ether oxygens (including phenoxy) is 1. The molecule has 1 aromatic carbocycles. The topological polar surface area (TPSA) is 102 Å². The summed E-state index contributed by atoms with van der Waals surface area (Å²) in [6.07, 6.45) is 16.0. The van der Waals surface area contributed by atoms with Crippen molar-refractivity contribution in [3.63, 3.8) is 0 Å². The van der Waals surface area contributed by atoms with Gasteiger partial charge in [-0.3, -0.25) is 19.3 Å². The Morgan fingerprint density at radius 1 is 0.935 bits per heavy atom. The van der Waals surface area contributed by atoms with Crippen LogP contribution in [0.4, 0.5) is 0 Å². The highest BCUT2D eigenvalue weighted by atomic mass is 32.1. The Balaban J connectivity index is 0.000000334. The highest BCUT2D eigenvalue weighted by molar-refractivity contribution is 7.09. The number of nitrogens with one attached hydrogen (secondary N) is 1. The van der Waals surface area contributed by atoms with E-state index in [0.29, 0.717) is 25.3 Å². The maximum Gasteiger partial charge on any atom is 0.310 e. The van der Waals surface area contributed by atoms with Gasteiger partial charge in [-0.05, 0) is 101 Å². The molecule has 2 amide bonds. The highest BCUT2D eigenvalue weighted by Crippen LogP contribution is 2.32. The third-order valence-corrected chi connectivity index (χ3v) is 9.21. The maximum atomic E-state index is 11.7. The van der Waals surface area contributed by atoms with Crippen LogP contribution in [-0.2, 0) is 33.6 Å². The van der Waals surface area contributed by atoms with Crippen LogP contribution in [0.5, 0.6) is 5.75 Å². The zero-order chi connectivity index (χ0) is 33.8. The standard InChI is InChI=1S/C22H29NO2S.C16H32N2O2/c1-3-13-23(14-12-19-8-6-15-26-19)18-10-11-20-17(16-18)7-5-9-21(20)25-22(24)4-2;1-16(2,3)18-15(20)13-11-9-7-5-4-6-8-10-12-14(17)19/h5-9,15,18H,3-4,10-14,16H2,1-2H3;4-13H2,1-3H3,(H2,17,19)(H,18,20)/t18-;/m1./s1. The van der Waals surface area contributed by atoms with Crippen LogP contribution in [-0.4, -0.2) is 47.4 Å². The lowest BCUT2D eigenvalue weighted by molar-refractivity contribution is -0.134. The highest BCUT2D eigenvalue weighted by Gasteiger charge is 2.26. The number of hydrogen-bond acceptors (Lipinski definition) is 6. The van der Waals surface area contributed by atoms with Crippen LogP contribution < -0.4 is 15.8 Å². The number of nitrogens with zero attached hydrogens (tertiary/aromatic N) is 1. The molecule has 2 aromatic rings. The van der Waals surface area contributed by atoms with Crippen molar-refractivity contribution in [2.75, 3.05) is 13.1 Å². The number of nitrogens with two attached hydrogens (primary N) is 1. The number of rotatable bonds is 19. The Bertz CT molecular complexity index is 1160. The Morgan fingerprint density at radius 2 is 1.61 bits per heavy atom. The number of fused-ring (bicyclic) bond motifs is 1. The number of benzene rings is 1. The summed E-state index contributed by atoms with van der Waals surface area (Å²) in [7, 11) is 0. The Hall–Kier alpha value is -2.71. The first kappa shape index (κ1) is 39.5. The molecular formula is C38H61N3O4S. The van der Waals surface area contributed by atoms with E-state index in [4.69, 9.17) is 10.5 Å². The molecule has 1 aliphatic carbocycles. The lowest BCUT2D eigenvalue weighted by atomic mass is 9.86. The second-order valence-corrected chi connectivity index (χ2v) is 14.6. The lowest BCUT2D eigenvalue weighted by Gasteiger charge is -2.35. The van der Waals surface area contributed by atoms with E-state index < -0.39 is 0 Å². The van der Waals surface area contributed by atoms with Gasteiger partial charge in [0.15, 0.2) is 0 Å². The molecule has 8 heteroatoms. The van der Waals surface area contributed by atoms with Gasteiger partial charge in [0.25, 0.3) is 0 Å². The van der Waals surface area contributed by atoms with E-state index in [1.807, 2.05) is 51.2 Å². The largest absolute Gasteiger partial charge is 0.426 e. The van der Waals surface area contributed by atoms with Gasteiger partial charge in [0.2, 0.25) is 11.8 Å². The average molecular weight is 656 g/mol. The molecule has 1 aliphatic rings. The van der Waals surface area contributed by atoms with Crippen molar-refractivity contribution in [3.05, 3.63) is 51.7 Å². The molecule has 0 fully saturated rings. The van der Waals surface area contributed by atoms with Gasteiger partial charge in [0.05, 0.1) is 0 Å². The van der Waals surface area contributed by atoms with E-state index in [0.717, 1.165) is 70.2 Å². The first-order chi connectivity index (χ1) is 22.0. The molecule has 0 saturated heterocycles. The molecule has 1 aromatic heterocycles. The number of carbonyl (C=O) groups excluding carboxylic acids is 3. The van der Waals surface area contributed by atoms with Gasteiger partial charge < -0.3 is 15.8 Å². The summed E-state index contributed by atoms with van der Waals surface area (Å²) in [5, 5.41) is 5.14. The zero-order valence-electron chi connectivity index (χ0n) is 29.3. The summed E-state index contributed by atoms with van der Waals surface area (Å²) in [4.78, 5) is 37.9. The first-order valence-electron chi connectivity index (χ1n) is 17.7. The van der Waals surface area contributed by atoms with Crippen molar-refractivity contribution >= 4 is 29.1 Å². The van der Waals surface area contributed by atoms with Gasteiger partial charge in [-0.1, -0.05) is 70.6 Å². The van der Waals surface area contributed by atoms with Gasteiger partial charge in [-0.2, -0.15) is 0 Å². The molecule has 258 valence electrons.